The summed E-state index contributed by atoms with van der Waals surface area (Å²) in [6.07, 6.45) is 3.60. The Bertz CT molecular complexity index is 642. The van der Waals surface area contributed by atoms with Gasteiger partial charge in [0.15, 0.2) is 0 Å². The fourth-order valence-electron chi connectivity index (χ4n) is 2.73. The second-order valence-corrected chi connectivity index (χ2v) is 7.82. The van der Waals surface area contributed by atoms with E-state index in [0.717, 1.165) is 32.2 Å². The van der Waals surface area contributed by atoms with Gasteiger partial charge in [-0.3, -0.25) is 4.79 Å². The molecule has 5 nitrogen and oxygen atoms in total. The van der Waals surface area contributed by atoms with E-state index in [-0.39, 0.29) is 37.7 Å². The molecule has 23 heavy (non-hydrogen) atoms. The minimum Gasteiger partial charge on any atom is -0.343 e. The largest absolute Gasteiger partial charge is 0.343 e. The summed E-state index contributed by atoms with van der Waals surface area (Å²) in [6.45, 7) is 1.83. The number of carbonyl (C=O) groups excluding carboxylic acids is 1. The van der Waals surface area contributed by atoms with Gasteiger partial charge in [-0.1, -0.05) is 18.2 Å². The summed E-state index contributed by atoms with van der Waals surface area (Å²) in [4.78, 5) is 13.8. The Morgan fingerprint density at radius 2 is 1.87 bits per heavy atom. The summed E-state index contributed by atoms with van der Waals surface area (Å²) in [7, 11) is -3.43. The number of amides is 1. The highest BCUT2D eigenvalue weighted by Gasteiger charge is 2.22. The fraction of sp³-hybridized carbons (Fsp3) is 0.562. The van der Waals surface area contributed by atoms with E-state index in [1.165, 1.54) is 10.4 Å². The van der Waals surface area contributed by atoms with Crippen molar-refractivity contribution in [1.29, 1.82) is 0 Å². The lowest BCUT2D eigenvalue weighted by atomic mass is 10.1. The molecule has 0 spiro atoms. The van der Waals surface area contributed by atoms with Gasteiger partial charge in [-0.25, -0.2) is 17.1 Å². The van der Waals surface area contributed by atoms with E-state index in [9.17, 15) is 17.6 Å². The van der Waals surface area contributed by atoms with E-state index in [0.29, 0.717) is 5.56 Å². The van der Waals surface area contributed by atoms with E-state index in [1.54, 1.807) is 23.1 Å². The zero-order chi connectivity index (χ0) is 16.9. The van der Waals surface area contributed by atoms with E-state index >= 15 is 0 Å². The molecule has 1 saturated heterocycles. The van der Waals surface area contributed by atoms with Gasteiger partial charge in [-0.2, -0.15) is 0 Å². The maximum atomic E-state index is 13.6. The van der Waals surface area contributed by atoms with Crippen LogP contribution >= 0.6 is 0 Å². The maximum Gasteiger partial charge on any atom is 0.223 e. The number of sulfonamides is 1. The maximum absolute atomic E-state index is 13.6. The number of benzene rings is 1. The van der Waals surface area contributed by atoms with Crippen LogP contribution in [0.1, 0.15) is 24.8 Å². The van der Waals surface area contributed by atoms with Crippen molar-refractivity contribution in [2.75, 3.05) is 32.4 Å². The number of likely N-dealkylation sites (tertiary alicyclic amines) is 1. The van der Waals surface area contributed by atoms with Gasteiger partial charge < -0.3 is 4.90 Å². The highest BCUT2D eigenvalue weighted by molar-refractivity contribution is 7.88. The van der Waals surface area contributed by atoms with Gasteiger partial charge in [-0.15, -0.1) is 0 Å². The van der Waals surface area contributed by atoms with Crippen LogP contribution in [0.5, 0.6) is 0 Å². The molecule has 1 aromatic rings. The average molecular weight is 342 g/mol. The second kappa shape index (κ2) is 7.88. The van der Waals surface area contributed by atoms with Crippen LogP contribution in [0.2, 0.25) is 0 Å². The smallest absolute Gasteiger partial charge is 0.223 e. The van der Waals surface area contributed by atoms with E-state index < -0.39 is 10.0 Å². The molecule has 0 aromatic heterocycles. The molecule has 1 heterocycles. The SMILES string of the molecule is CS(=O)(=O)N(CCC(=O)N1CCCC1)CCc1ccccc1F. The summed E-state index contributed by atoms with van der Waals surface area (Å²) in [6, 6.07) is 6.32. The first-order chi connectivity index (χ1) is 10.9. The Balaban J connectivity index is 1.92. The number of hydrogen-bond donors (Lipinski definition) is 0. The van der Waals surface area contributed by atoms with Crippen molar-refractivity contribution >= 4 is 15.9 Å². The van der Waals surface area contributed by atoms with Gasteiger partial charge in [0.1, 0.15) is 5.82 Å². The predicted molar refractivity (Wildman–Crippen MR) is 87.0 cm³/mol. The Morgan fingerprint density at radius 3 is 2.48 bits per heavy atom. The van der Waals surface area contributed by atoms with Crippen LogP contribution in [0, 0.1) is 5.82 Å². The van der Waals surface area contributed by atoms with Crippen LogP contribution in [0.4, 0.5) is 4.39 Å². The molecule has 2 rings (SSSR count). The number of hydrogen-bond acceptors (Lipinski definition) is 3. The van der Waals surface area contributed by atoms with Gasteiger partial charge in [-0.05, 0) is 30.9 Å². The third-order valence-corrected chi connectivity index (χ3v) is 5.39. The van der Waals surface area contributed by atoms with Crippen molar-refractivity contribution in [2.24, 2.45) is 0 Å². The third kappa shape index (κ3) is 5.28. The summed E-state index contributed by atoms with van der Waals surface area (Å²) >= 11 is 0. The van der Waals surface area contributed by atoms with Crippen LogP contribution in [0.15, 0.2) is 24.3 Å². The van der Waals surface area contributed by atoms with E-state index in [1.807, 2.05) is 0 Å². The number of carbonyl (C=O) groups is 1. The van der Waals surface area contributed by atoms with Crippen molar-refractivity contribution in [1.82, 2.24) is 9.21 Å². The zero-order valence-electron chi connectivity index (χ0n) is 13.4. The molecule has 1 fully saturated rings. The molecular weight excluding hydrogens is 319 g/mol. The number of nitrogens with zero attached hydrogens (tertiary/aromatic N) is 2. The van der Waals surface area contributed by atoms with Gasteiger partial charge in [0.25, 0.3) is 0 Å². The predicted octanol–water partition coefficient (Wildman–Crippen LogP) is 1.64. The molecule has 1 aliphatic heterocycles. The number of halogens is 1. The molecule has 1 aromatic carbocycles. The zero-order valence-corrected chi connectivity index (χ0v) is 14.2. The quantitative estimate of drug-likeness (QED) is 0.757. The summed E-state index contributed by atoms with van der Waals surface area (Å²) in [5.74, 6) is -0.351. The van der Waals surface area contributed by atoms with Crippen LogP contribution in [0.3, 0.4) is 0 Å². The van der Waals surface area contributed by atoms with Crippen molar-refractivity contribution in [3.63, 3.8) is 0 Å². The highest BCUT2D eigenvalue weighted by atomic mass is 32.2. The van der Waals surface area contributed by atoms with Gasteiger partial charge in [0.05, 0.1) is 6.26 Å². The first-order valence-corrected chi connectivity index (χ1v) is 9.69. The van der Waals surface area contributed by atoms with Crippen LogP contribution in [-0.2, 0) is 21.2 Å². The molecule has 0 radical (unpaired) electrons. The highest BCUT2D eigenvalue weighted by Crippen LogP contribution is 2.12. The Labute approximate surface area is 137 Å². The average Bonchev–Trinajstić information content (AvgIpc) is 3.01. The fourth-order valence-corrected chi connectivity index (χ4v) is 3.58. The van der Waals surface area contributed by atoms with E-state index in [4.69, 9.17) is 0 Å². The summed E-state index contributed by atoms with van der Waals surface area (Å²) in [5, 5.41) is 0. The molecule has 7 heteroatoms. The lowest BCUT2D eigenvalue weighted by Crippen LogP contribution is -2.36. The molecule has 128 valence electrons. The summed E-state index contributed by atoms with van der Waals surface area (Å²) < 4.78 is 38.6. The lowest BCUT2D eigenvalue weighted by molar-refractivity contribution is -0.130. The molecule has 0 N–H and O–H groups in total. The van der Waals surface area contributed by atoms with Crippen LogP contribution in [0.25, 0.3) is 0 Å². The molecule has 0 aliphatic carbocycles. The minimum atomic E-state index is -3.43. The number of rotatable bonds is 7. The Hall–Kier alpha value is -1.47. The van der Waals surface area contributed by atoms with Crippen molar-refractivity contribution < 1.29 is 17.6 Å². The second-order valence-electron chi connectivity index (χ2n) is 5.84. The summed E-state index contributed by atoms with van der Waals surface area (Å²) in [5.41, 5.74) is 0.479. The van der Waals surface area contributed by atoms with Gasteiger partial charge >= 0.3 is 0 Å². The Kier molecular flexibility index (Phi) is 6.12. The van der Waals surface area contributed by atoms with Crippen LogP contribution < -0.4 is 0 Å². The molecule has 0 unspecified atom stereocenters. The first kappa shape index (κ1) is 17.9. The van der Waals surface area contributed by atoms with Crippen molar-refractivity contribution in [2.45, 2.75) is 25.7 Å². The van der Waals surface area contributed by atoms with Gasteiger partial charge in [0, 0.05) is 32.6 Å². The van der Waals surface area contributed by atoms with Crippen LogP contribution in [-0.4, -0.2) is 56.0 Å². The molecule has 1 amide bonds. The molecular formula is C16H23FN2O3S. The lowest BCUT2D eigenvalue weighted by Gasteiger charge is -2.22. The monoisotopic (exact) mass is 342 g/mol. The third-order valence-electron chi connectivity index (χ3n) is 4.09. The molecule has 0 bridgehead atoms. The van der Waals surface area contributed by atoms with Gasteiger partial charge in [0.2, 0.25) is 15.9 Å². The normalized spacial score (nSPS) is 15.3. The van der Waals surface area contributed by atoms with Crippen molar-refractivity contribution in [3.8, 4) is 0 Å². The minimum absolute atomic E-state index is 0.0120. The van der Waals surface area contributed by atoms with Crippen molar-refractivity contribution in [3.05, 3.63) is 35.6 Å². The molecule has 0 saturated carbocycles. The first-order valence-electron chi connectivity index (χ1n) is 7.84. The molecule has 1 aliphatic rings. The molecule has 0 atom stereocenters. The standard InChI is InChI=1S/C16H23FN2O3S/c1-23(21,22)19(12-8-14-6-2-3-7-15(14)17)13-9-16(20)18-10-4-5-11-18/h2-3,6-7H,4-5,8-13H2,1H3. The topological polar surface area (TPSA) is 57.7 Å². The Morgan fingerprint density at radius 1 is 1.22 bits per heavy atom. The van der Waals surface area contributed by atoms with E-state index in [2.05, 4.69) is 0 Å².